The molecule has 1 aliphatic heterocycles. The number of hydrogen-bond acceptors (Lipinski definition) is 4. The highest BCUT2D eigenvalue weighted by atomic mass is 16.1. The summed E-state index contributed by atoms with van der Waals surface area (Å²) >= 11 is 0. The van der Waals surface area contributed by atoms with Crippen LogP contribution in [0.15, 0.2) is 18.2 Å². The van der Waals surface area contributed by atoms with Crippen molar-refractivity contribution in [1.29, 1.82) is 5.26 Å². The van der Waals surface area contributed by atoms with E-state index in [9.17, 15) is 10.1 Å². The molecule has 0 aromatic heterocycles. The van der Waals surface area contributed by atoms with Gasteiger partial charge in [-0.25, -0.2) is 0 Å². The van der Waals surface area contributed by atoms with Gasteiger partial charge in [-0.2, -0.15) is 5.26 Å². The molecule has 4 nitrogen and oxygen atoms in total. The highest BCUT2D eigenvalue weighted by Crippen LogP contribution is 2.23. The summed E-state index contributed by atoms with van der Waals surface area (Å²) in [5, 5.41) is 9.24. The summed E-state index contributed by atoms with van der Waals surface area (Å²) in [5.74, 6) is 0. The number of aldehydes is 1. The van der Waals surface area contributed by atoms with E-state index >= 15 is 0 Å². The minimum absolute atomic E-state index is 0.559. The number of benzene rings is 1. The maximum atomic E-state index is 10.8. The minimum atomic E-state index is 0.559. The molecule has 1 heterocycles. The van der Waals surface area contributed by atoms with Crippen LogP contribution in [0.1, 0.15) is 36.2 Å². The van der Waals surface area contributed by atoms with Crippen LogP contribution in [0.3, 0.4) is 0 Å². The first-order valence-corrected chi connectivity index (χ1v) is 7.18. The fourth-order valence-corrected chi connectivity index (χ4v) is 2.65. The lowest BCUT2D eigenvalue weighted by Gasteiger charge is -2.39. The minimum Gasteiger partial charge on any atom is -0.368 e. The summed E-state index contributed by atoms with van der Waals surface area (Å²) in [7, 11) is 0. The molecule has 1 aromatic carbocycles. The standard InChI is InChI=1S/C16H21N3O/c1-3-13(2)18-6-8-19(9-7-18)16-5-4-14(12-20)10-15(16)11-17/h4-5,10,12-13H,3,6-9H2,1-2H3. The second kappa shape index (κ2) is 6.53. The lowest BCUT2D eigenvalue weighted by atomic mass is 10.1. The van der Waals surface area contributed by atoms with Crippen LogP contribution in [0, 0.1) is 11.3 Å². The first-order valence-electron chi connectivity index (χ1n) is 7.18. The van der Waals surface area contributed by atoms with E-state index in [0.29, 0.717) is 17.2 Å². The number of nitrogens with zero attached hydrogens (tertiary/aromatic N) is 3. The number of anilines is 1. The zero-order valence-electron chi connectivity index (χ0n) is 12.2. The average Bonchev–Trinajstić information content (AvgIpc) is 2.53. The van der Waals surface area contributed by atoms with Gasteiger partial charge in [-0.3, -0.25) is 9.69 Å². The molecule has 106 valence electrons. The highest BCUT2D eigenvalue weighted by Gasteiger charge is 2.21. The number of rotatable bonds is 4. The van der Waals surface area contributed by atoms with E-state index in [1.54, 1.807) is 12.1 Å². The molecule has 4 heteroatoms. The van der Waals surface area contributed by atoms with Crippen molar-refractivity contribution in [3.8, 4) is 6.07 Å². The van der Waals surface area contributed by atoms with E-state index < -0.39 is 0 Å². The number of nitriles is 1. The van der Waals surface area contributed by atoms with Gasteiger partial charge in [0.05, 0.1) is 11.3 Å². The van der Waals surface area contributed by atoms with Crippen LogP contribution in [-0.4, -0.2) is 43.4 Å². The van der Waals surface area contributed by atoms with Gasteiger partial charge in [-0.15, -0.1) is 0 Å². The Balaban J connectivity index is 2.11. The first kappa shape index (κ1) is 14.5. The fraction of sp³-hybridized carbons (Fsp3) is 0.500. The van der Waals surface area contributed by atoms with Crippen LogP contribution in [0.2, 0.25) is 0 Å². The second-order valence-corrected chi connectivity index (χ2v) is 5.29. The van der Waals surface area contributed by atoms with Crippen molar-refractivity contribution in [2.75, 3.05) is 31.1 Å². The molecule has 0 N–H and O–H groups in total. The van der Waals surface area contributed by atoms with Gasteiger partial charge in [0, 0.05) is 37.8 Å². The van der Waals surface area contributed by atoms with Crippen LogP contribution < -0.4 is 4.90 Å². The smallest absolute Gasteiger partial charge is 0.150 e. The van der Waals surface area contributed by atoms with Crippen LogP contribution in [-0.2, 0) is 0 Å². The molecule has 0 bridgehead atoms. The van der Waals surface area contributed by atoms with E-state index in [2.05, 4.69) is 29.7 Å². The fourth-order valence-electron chi connectivity index (χ4n) is 2.65. The molecule has 0 saturated carbocycles. The van der Waals surface area contributed by atoms with Crippen molar-refractivity contribution >= 4 is 12.0 Å². The lowest BCUT2D eigenvalue weighted by Crippen LogP contribution is -2.49. The van der Waals surface area contributed by atoms with Crippen molar-refractivity contribution in [3.05, 3.63) is 29.3 Å². The zero-order valence-corrected chi connectivity index (χ0v) is 12.2. The van der Waals surface area contributed by atoms with Crippen LogP contribution in [0.25, 0.3) is 0 Å². The van der Waals surface area contributed by atoms with Crippen LogP contribution in [0.5, 0.6) is 0 Å². The van der Waals surface area contributed by atoms with Gasteiger partial charge in [0.1, 0.15) is 12.4 Å². The number of carbonyl (C=O) groups is 1. The van der Waals surface area contributed by atoms with Gasteiger partial charge in [0.2, 0.25) is 0 Å². The molecule has 1 aliphatic rings. The molecular formula is C16H21N3O. The Morgan fingerprint density at radius 2 is 2.05 bits per heavy atom. The van der Waals surface area contributed by atoms with Gasteiger partial charge >= 0.3 is 0 Å². The molecule has 1 unspecified atom stereocenters. The van der Waals surface area contributed by atoms with Crippen molar-refractivity contribution in [3.63, 3.8) is 0 Å². The molecule has 1 atom stereocenters. The Kier molecular flexibility index (Phi) is 4.75. The molecule has 2 rings (SSSR count). The Morgan fingerprint density at radius 1 is 1.35 bits per heavy atom. The maximum absolute atomic E-state index is 10.8. The van der Waals surface area contributed by atoms with Gasteiger partial charge in [0.15, 0.2) is 0 Å². The van der Waals surface area contributed by atoms with Crippen LogP contribution in [0.4, 0.5) is 5.69 Å². The summed E-state index contributed by atoms with van der Waals surface area (Å²) < 4.78 is 0. The SMILES string of the molecule is CCC(C)N1CCN(c2ccc(C=O)cc2C#N)CC1. The third kappa shape index (κ3) is 3.00. The Hall–Kier alpha value is -1.86. The predicted molar refractivity (Wildman–Crippen MR) is 80.1 cm³/mol. The molecule has 1 fully saturated rings. The summed E-state index contributed by atoms with van der Waals surface area (Å²) in [6.07, 6.45) is 1.95. The zero-order chi connectivity index (χ0) is 14.5. The Labute approximate surface area is 120 Å². The Morgan fingerprint density at radius 3 is 2.60 bits per heavy atom. The van der Waals surface area contributed by atoms with E-state index in [1.807, 2.05) is 6.07 Å². The summed E-state index contributed by atoms with van der Waals surface area (Å²) in [6.45, 7) is 8.38. The molecular weight excluding hydrogens is 250 g/mol. The lowest BCUT2D eigenvalue weighted by molar-refractivity contribution is 0.112. The maximum Gasteiger partial charge on any atom is 0.150 e. The molecule has 0 amide bonds. The third-order valence-corrected chi connectivity index (χ3v) is 4.15. The van der Waals surface area contributed by atoms with Gasteiger partial charge in [-0.05, 0) is 31.5 Å². The van der Waals surface area contributed by atoms with E-state index in [1.165, 1.54) is 0 Å². The van der Waals surface area contributed by atoms with E-state index in [0.717, 1.165) is 44.6 Å². The largest absolute Gasteiger partial charge is 0.368 e. The monoisotopic (exact) mass is 271 g/mol. The summed E-state index contributed by atoms with van der Waals surface area (Å²) in [5.41, 5.74) is 2.09. The van der Waals surface area contributed by atoms with Gasteiger partial charge < -0.3 is 4.90 Å². The van der Waals surface area contributed by atoms with Gasteiger partial charge in [0.25, 0.3) is 0 Å². The number of piperazine rings is 1. The van der Waals surface area contributed by atoms with E-state index in [-0.39, 0.29) is 0 Å². The van der Waals surface area contributed by atoms with Crippen molar-refractivity contribution < 1.29 is 4.79 Å². The normalized spacial score (nSPS) is 17.6. The summed E-state index contributed by atoms with van der Waals surface area (Å²) in [4.78, 5) is 15.5. The van der Waals surface area contributed by atoms with Crippen molar-refractivity contribution in [2.45, 2.75) is 26.3 Å². The number of carbonyl (C=O) groups excluding carboxylic acids is 1. The average molecular weight is 271 g/mol. The third-order valence-electron chi connectivity index (χ3n) is 4.15. The topological polar surface area (TPSA) is 47.3 Å². The second-order valence-electron chi connectivity index (χ2n) is 5.29. The van der Waals surface area contributed by atoms with Crippen LogP contribution >= 0.6 is 0 Å². The molecule has 0 radical (unpaired) electrons. The summed E-state index contributed by atoms with van der Waals surface area (Å²) in [6, 6.07) is 8.16. The quantitative estimate of drug-likeness (QED) is 0.788. The number of hydrogen-bond donors (Lipinski definition) is 0. The predicted octanol–water partition coefficient (Wildman–Crippen LogP) is 2.29. The highest BCUT2D eigenvalue weighted by molar-refractivity contribution is 5.78. The molecule has 0 spiro atoms. The molecule has 1 saturated heterocycles. The Bertz CT molecular complexity index is 513. The van der Waals surface area contributed by atoms with Crippen molar-refractivity contribution in [1.82, 2.24) is 4.90 Å². The molecule has 0 aliphatic carbocycles. The van der Waals surface area contributed by atoms with E-state index in [4.69, 9.17) is 0 Å². The van der Waals surface area contributed by atoms with Gasteiger partial charge in [-0.1, -0.05) is 6.92 Å². The molecule has 1 aromatic rings. The van der Waals surface area contributed by atoms with Crippen molar-refractivity contribution in [2.24, 2.45) is 0 Å². The first-order chi connectivity index (χ1) is 9.69. The molecule has 20 heavy (non-hydrogen) atoms.